The molecule has 0 rings (SSSR count). The van der Waals surface area contributed by atoms with Crippen molar-refractivity contribution in [3.05, 3.63) is 10.6 Å². The molecule has 0 saturated heterocycles. The van der Waals surface area contributed by atoms with Crippen LogP contribution in [0, 0.1) is 0 Å². The molecule has 0 saturated carbocycles. The Morgan fingerprint density at radius 1 is 1.30 bits per heavy atom. The Labute approximate surface area is 68.5 Å². The average molecular weight is 162 g/mol. The molecular formula is C8H16ClN. The van der Waals surface area contributed by atoms with Gasteiger partial charge in [-0.1, -0.05) is 25.4 Å². The summed E-state index contributed by atoms with van der Waals surface area (Å²) in [7, 11) is 1.94. The van der Waals surface area contributed by atoms with Crippen LogP contribution in [0.1, 0.15) is 26.7 Å². The van der Waals surface area contributed by atoms with Gasteiger partial charge < -0.3 is 5.32 Å². The minimum Gasteiger partial charge on any atom is -0.316 e. The number of hydrogen-bond acceptors (Lipinski definition) is 1. The first kappa shape index (κ1) is 9.99. The Kier molecular flexibility index (Phi) is 5.74. The second kappa shape index (κ2) is 5.75. The number of rotatable bonds is 4. The second-order valence-electron chi connectivity index (χ2n) is 2.25. The molecule has 0 fully saturated rings. The molecule has 60 valence electrons. The molecule has 0 aliphatic rings. The number of allylic oxidation sites excluding steroid dienone is 1. The molecular weight excluding hydrogens is 146 g/mol. The highest BCUT2D eigenvalue weighted by Gasteiger charge is 1.97. The molecule has 0 atom stereocenters. The zero-order chi connectivity index (χ0) is 7.98. The molecule has 2 heteroatoms. The van der Waals surface area contributed by atoms with E-state index in [9.17, 15) is 0 Å². The smallest absolute Gasteiger partial charge is 0.0182 e. The van der Waals surface area contributed by atoms with Gasteiger partial charge >= 0.3 is 0 Å². The molecule has 0 aromatic heterocycles. The van der Waals surface area contributed by atoms with Gasteiger partial charge in [-0.3, -0.25) is 0 Å². The summed E-state index contributed by atoms with van der Waals surface area (Å²) in [6.45, 7) is 5.13. The fraction of sp³-hybridized carbons (Fsp3) is 0.750. The van der Waals surface area contributed by atoms with Gasteiger partial charge in [-0.15, -0.1) is 0 Å². The molecule has 0 spiro atoms. The Morgan fingerprint density at radius 3 is 2.20 bits per heavy atom. The van der Waals surface area contributed by atoms with Gasteiger partial charge in [-0.2, -0.15) is 0 Å². The van der Waals surface area contributed by atoms with Crippen LogP contribution in [0.5, 0.6) is 0 Å². The Bertz CT molecular complexity index is 118. The second-order valence-corrected chi connectivity index (χ2v) is 2.70. The van der Waals surface area contributed by atoms with Gasteiger partial charge in [0.25, 0.3) is 0 Å². The van der Waals surface area contributed by atoms with Gasteiger partial charge in [0.2, 0.25) is 0 Å². The van der Waals surface area contributed by atoms with Crippen molar-refractivity contribution in [2.24, 2.45) is 0 Å². The number of halogens is 1. The minimum absolute atomic E-state index is 0.920. The van der Waals surface area contributed by atoms with Crippen LogP contribution in [0.25, 0.3) is 0 Å². The summed E-state index contributed by atoms with van der Waals surface area (Å²) in [5, 5.41) is 4.10. The van der Waals surface area contributed by atoms with Crippen LogP contribution >= 0.6 is 11.6 Å². The minimum atomic E-state index is 0.920. The first-order chi connectivity index (χ1) is 4.76. The summed E-state index contributed by atoms with van der Waals surface area (Å²) >= 11 is 5.95. The molecule has 0 aromatic rings. The molecule has 0 bridgehead atoms. The summed E-state index contributed by atoms with van der Waals surface area (Å²) in [4.78, 5) is 0. The van der Waals surface area contributed by atoms with Crippen molar-refractivity contribution in [2.45, 2.75) is 26.7 Å². The molecule has 0 unspecified atom stereocenters. The summed E-state index contributed by atoms with van der Waals surface area (Å²) in [5.41, 5.74) is 1.33. The highest BCUT2D eigenvalue weighted by Crippen LogP contribution is 2.14. The quantitative estimate of drug-likeness (QED) is 0.668. The van der Waals surface area contributed by atoms with Crippen molar-refractivity contribution in [3.8, 4) is 0 Å². The molecule has 0 aromatic carbocycles. The summed E-state index contributed by atoms with van der Waals surface area (Å²) < 4.78 is 0. The lowest BCUT2D eigenvalue weighted by Gasteiger charge is -2.05. The van der Waals surface area contributed by atoms with Gasteiger partial charge in [0, 0.05) is 11.6 Å². The lowest BCUT2D eigenvalue weighted by molar-refractivity contribution is 0.833. The van der Waals surface area contributed by atoms with Crippen LogP contribution in [0.4, 0.5) is 0 Å². The van der Waals surface area contributed by atoms with E-state index in [1.54, 1.807) is 0 Å². The molecule has 0 heterocycles. The summed E-state index contributed by atoms with van der Waals surface area (Å²) in [5.74, 6) is 0. The van der Waals surface area contributed by atoms with Crippen molar-refractivity contribution in [3.63, 3.8) is 0 Å². The van der Waals surface area contributed by atoms with E-state index in [2.05, 4.69) is 19.2 Å². The Hall–Kier alpha value is -0.0100. The maximum absolute atomic E-state index is 5.95. The molecule has 0 amide bonds. The molecule has 1 nitrogen and oxygen atoms in total. The van der Waals surface area contributed by atoms with E-state index < -0.39 is 0 Å². The van der Waals surface area contributed by atoms with Crippen LogP contribution < -0.4 is 5.32 Å². The van der Waals surface area contributed by atoms with Gasteiger partial charge in [0.15, 0.2) is 0 Å². The SMILES string of the molecule is CC/C(Cl)=C(\CC)CNC. The molecule has 1 N–H and O–H groups in total. The van der Waals surface area contributed by atoms with Crippen molar-refractivity contribution < 1.29 is 0 Å². The van der Waals surface area contributed by atoms with E-state index in [-0.39, 0.29) is 0 Å². The predicted octanol–water partition coefficient (Wildman–Crippen LogP) is 2.52. The highest BCUT2D eigenvalue weighted by molar-refractivity contribution is 6.29. The molecule has 0 aliphatic carbocycles. The average Bonchev–Trinajstić information content (AvgIpc) is 1.99. The predicted molar refractivity (Wildman–Crippen MR) is 47.4 cm³/mol. The topological polar surface area (TPSA) is 12.0 Å². The first-order valence-electron chi connectivity index (χ1n) is 3.77. The number of likely N-dealkylation sites (N-methyl/N-ethyl adjacent to an activating group) is 1. The standard InChI is InChI=1S/C8H16ClN/c1-4-7(6-10-3)8(9)5-2/h10H,4-6H2,1-3H3/b8-7-. The fourth-order valence-electron chi connectivity index (χ4n) is 0.876. The summed E-state index contributed by atoms with van der Waals surface area (Å²) in [6.07, 6.45) is 2.00. The first-order valence-corrected chi connectivity index (χ1v) is 4.15. The van der Waals surface area contributed by atoms with Crippen molar-refractivity contribution >= 4 is 11.6 Å². The van der Waals surface area contributed by atoms with E-state index in [4.69, 9.17) is 11.6 Å². The van der Waals surface area contributed by atoms with Crippen LogP contribution in [0.15, 0.2) is 10.6 Å². The van der Waals surface area contributed by atoms with Crippen LogP contribution in [-0.4, -0.2) is 13.6 Å². The van der Waals surface area contributed by atoms with Crippen molar-refractivity contribution in [1.29, 1.82) is 0 Å². The molecule has 10 heavy (non-hydrogen) atoms. The van der Waals surface area contributed by atoms with Gasteiger partial charge in [-0.05, 0) is 25.5 Å². The maximum Gasteiger partial charge on any atom is 0.0182 e. The number of hydrogen-bond donors (Lipinski definition) is 1. The maximum atomic E-state index is 5.95. The molecule has 0 radical (unpaired) electrons. The fourth-order valence-corrected chi connectivity index (χ4v) is 1.08. The lowest BCUT2D eigenvalue weighted by Crippen LogP contribution is -2.10. The van der Waals surface area contributed by atoms with E-state index >= 15 is 0 Å². The number of nitrogens with one attached hydrogen (secondary N) is 1. The van der Waals surface area contributed by atoms with Crippen LogP contribution in [0.3, 0.4) is 0 Å². The third kappa shape index (κ3) is 3.23. The lowest BCUT2D eigenvalue weighted by atomic mass is 10.1. The Morgan fingerprint density at radius 2 is 1.90 bits per heavy atom. The van der Waals surface area contributed by atoms with E-state index in [0.29, 0.717) is 0 Å². The van der Waals surface area contributed by atoms with E-state index in [0.717, 1.165) is 24.4 Å². The van der Waals surface area contributed by atoms with Crippen molar-refractivity contribution in [1.82, 2.24) is 5.32 Å². The van der Waals surface area contributed by atoms with E-state index in [1.807, 2.05) is 7.05 Å². The highest BCUT2D eigenvalue weighted by atomic mass is 35.5. The molecule has 0 aliphatic heterocycles. The van der Waals surface area contributed by atoms with Gasteiger partial charge in [-0.25, -0.2) is 0 Å². The van der Waals surface area contributed by atoms with Crippen LogP contribution in [-0.2, 0) is 0 Å². The normalized spacial score (nSPS) is 13.2. The summed E-state index contributed by atoms with van der Waals surface area (Å²) in [6, 6.07) is 0. The Balaban J connectivity index is 4.00. The van der Waals surface area contributed by atoms with Gasteiger partial charge in [0.05, 0.1) is 0 Å². The third-order valence-electron chi connectivity index (χ3n) is 1.51. The third-order valence-corrected chi connectivity index (χ3v) is 2.05. The van der Waals surface area contributed by atoms with Crippen LogP contribution in [0.2, 0.25) is 0 Å². The van der Waals surface area contributed by atoms with Gasteiger partial charge in [0.1, 0.15) is 0 Å². The monoisotopic (exact) mass is 161 g/mol. The zero-order valence-electron chi connectivity index (χ0n) is 7.00. The zero-order valence-corrected chi connectivity index (χ0v) is 7.76. The van der Waals surface area contributed by atoms with E-state index in [1.165, 1.54) is 5.57 Å². The largest absolute Gasteiger partial charge is 0.316 e. The van der Waals surface area contributed by atoms with Crippen molar-refractivity contribution in [2.75, 3.05) is 13.6 Å².